The summed E-state index contributed by atoms with van der Waals surface area (Å²) in [6.45, 7) is 1.76. The van der Waals surface area contributed by atoms with Crippen molar-refractivity contribution in [1.29, 1.82) is 0 Å². The molecule has 17 heavy (non-hydrogen) atoms. The predicted octanol–water partition coefficient (Wildman–Crippen LogP) is 1.01. The number of esters is 1. The number of carbonyl (C=O) groups excluding carboxylic acids is 1. The summed E-state index contributed by atoms with van der Waals surface area (Å²) in [6.07, 6.45) is 0.936. The van der Waals surface area contributed by atoms with E-state index >= 15 is 0 Å². The van der Waals surface area contributed by atoms with E-state index in [0.29, 0.717) is 0 Å². The normalized spacial score (nSPS) is 21.3. The highest BCUT2D eigenvalue weighted by atomic mass is 16.5. The lowest BCUT2D eigenvalue weighted by Crippen LogP contribution is -2.40. The summed E-state index contributed by atoms with van der Waals surface area (Å²) in [4.78, 5) is 13.6. The number of nitrogens with zero attached hydrogens (tertiary/aromatic N) is 1. The number of carbonyl (C=O) groups is 1. The molecule has 2 rings (SSSR count). The molecule has 1 aromatic rings. The lowest BCUT2D eigenvalue weighted by atomic mass is 10.0. The van der Waals surface area contributed by atoms with Gasteiger partial charge in [-0.05, 0) is 18.6 Å². The monoisotopic (exact) mass is 234 g/mol. The maximum absolute atomic E-state index is 11.4. The Labute approximate surface area is 101 Å². The summed E-state index contributed by atoms with van der Waals surface area (Å²) in [6, 6.07) is 9.68. The second-order valence-corrected chi connectivity index (χ2v) is 4.38. The number of methoxy groups -OCH3 is 1. The van der Waals surface area contributed by atoms with E-state index in [1.165, 1.54) is 12.8 Å². The zero-order chi connectivity index (χ0) is 12.3. The number of nitrogens with two attached hydrogens (primary N) is 1. The smallest absolute Gasteiger partial charge is 0.322 e. The summed E-state index contributed by atoms with van der Waals surface area (Å²) in [5.41, 5.74) is 7.06. The molecule has 4 heteroatoms. The van der Waals surface area contributed by atoms with Gasteiger partial charge in [0.1, 0.15) is 6.04 Å². The van der Waals surface area contributed by atoms with E-state index < -0.39 is 6.04 Å². The lowest BCUT2D eigenvalue weighted by molar-refractivity contribution is -0.143. The van der Waals surface area contributed by atoms with Crippen molar-refractivity contribution in [2.45, 2.75) is 12.5 Å². The van der Waals surface area contributed by atoms with Gasteiger partial charge in [-0.2, -0.15) is 0 Å². The fraction of sp³-hybridized carbons (Fsp3) is 0.462. The van der Waals surface area contributed by atoms with Crippen molar-refractivity contribution in [3.8, 4) is 0 Å². The van der Waals surface area contributed by atoms with E-state index in [-0.39, 0.29) is 11.9 Å². The Kier molecular flexibility index (Phi) is 3.64. The van der Waals surface area contributed by atoms with Gasteiger partial charge in [-0.3, -0.25) is 4.79 Å². The number of hydrogen-bond donors (Lipinski definition) is 1. The van der Waals surface area contributed by atoms with Crippen LogP contribution in [-0.4, -0.2) is 32.2 Å². The molecule has 0 amide bonds. The minimum absolute atomic E-state index is 0.183. The zero-order valence-electron chi connectivity index (χ0n) is 10.0. The summed E-state index contributed by atoms with van der Waals surface area (Å²) >= 11 is 0. The SMILES string of the molecule is COC(=O)C(N)C1CCN(c2ccccc2)C1. The molecule has 0 spiro atoms. The largest absolute Gasteiger partial charge is 0.468 e. The van der Waals surface area contributed by atoms with Gasteiger partial charge in [-0.25, -0.2) is 0 Å². The molecule has 1 aliphatic heterocycles. The first kappa shape index (κ1) is 11.9. The molecule has 2 N–H and O–H groups in total. The molecule has 0 saturated carbocycles. The molecule has 0 aromatic heterocycles. The third-order valence-electron chi connectivity index (χ3n) is 3.33. The second kappa shape index (κ2) is 5.19. The molecule has 92 valence electrons. The van der Waals surface area contributed by atoms with Crippen LogP contribution in [0.1, 0.15) is 6.42 Å². The molecule has 1 fully saturated rings. The van der Waals surface area contributed by atoms with Crippen LogP contribution in [-0.2, 0) is 9.53 Å². The highest BCUT2D eigenvalue weighted by molar-refractivity contribution is 5.76. The first-order valence-corrected chi connectivity index (χ1v) is 5.86. The quantitative estimate of drug-likeness (QED) is 0.793. The molecule has 1 heterocycles. The van der Waals surface area contributed by atoms with E-state index in [1.807, 2.05) is 18.2 Å². The Morgan fingerprint density at radius 3 is 2.82 bits per heavy atom. The van der Waals surface area contributed by atoms with Crippen molar-refractivity contribution < 1.29 is 9.53 Å². The fourth-order valence-electron chi connectivity index (χ4n) is 2.28. The van der Waals surface area contributed by atoms with Crippen LogP contribution in [0.4, 0.5) is 5.69 Å². The van der Waals surface area contributed by atoms with Crippen LogP contribution < -0.4 is 10.6 Å². The van der Waals surface area contributed by atoms with Crippen molar-refractivity contribution >= 4 is 11.7 Å². The van der Waals surface area contributed by atoms with Crippen LogP contribution in [0.15, 0.2) is 30.3 Å². The maximum Gasteiger partial charge on any atom is 0.322 e. The molecule has 0 bridgehead atoms. The predicted molar refractivity (Wildman–Crippen MR) is 66.8 cm³/mol. The van der Waals surface area contributed by atoms with Gasteiger partial charge in [0.05, 0.1) is 7.11 Å². The van der Waals surface area contributed by atoms with Gasteiger partial charge in [-0.15, -0.1) is 0 Å². The zero-order valence-corrected chi connectivity index (χ0v) is 10.0. The Balaban J connectivity index is 1.98. The van der Waals surface area contributed by atoms with Crippen molar-refractivity contribution in [2.75, 3.05) is 25.1 Å². The van der Waals surface area contributed by atoms with Crippen LogP contribution in [0.2, 0.25) is 0 Å². The number of rotatable bonds is 3. The summed E-state index contributed by atoms with van der Waals surface area (Å²) in [5, 5.41) is 0. The van der Waals surface area contributed by atoms with Gasteiger partial charge < -0.3 is 15.4 Å². The topological polar surface area (TPSA) is 55.6 Å². The van der Waals surface area contributed by atoms with E-state index in [1.54, 1.807) is 0 Å². The first-order valence-electron chi connectivity index (χ1n) is 5.86. The third kappa shape index (κ3) is 2.58. The van der Waals surface area contributed by atoms with E-state index in [9.17, 15) is 4.79 Å². The average molecular weight is 234 g/mol. The number of para-hydroxylation sites is 1. The van der Waals surface area contributed by atoms with Crippen molar-refractivity contribution in [1.82, 2.24) is 0 Å². The van der Waals surface area contributed by atoms with Crippen LogP contribution >= 0.6 is 0 Å². The van der Waals surface area contributed by atoms with Gasteiger partial charge >= 0.3 is 5.97 Å². The molecular weight excluding hydrogens is 216 g/mol. The van der Waals surface area contributed by atoms with E-state index in [4.69, 9.17) is 5.73 Å². The Hall–Kier alpha value is -1.55. The fourth-order valence-corrected chi connectivity index (χ4v) is 2.28. The molecule has 0 aliphatic carbocycles. The minimum atomic E-state index is -0.506. The summed E-state index contributed by atoms with van der Waals surface area (Å²) < 4.78 is 4.68. The maximum atomic E-state index is 11.4. The third-order valence-corrected chi connectivity index (χ3v) is 3.33. The van der Waals surface area contributed by atoms with E-state index in [0.717, 1.165) is 19.5 Å². The minimum Gasteiger partial charge on any atom is -0.468 e. The average Bonchev–Trinajstić information content (AvgIpc) is 2.87. The molecule has 0 radical (unpaired) electrons. The molecule has 2 unspecified atom stereocenters. The van der Waals surface area contributed by atoms with Gasteiger partial charge in [0, 0.05) is 24.7 Å². The highest BCUT2D eigenvalue weighted by Gasteiger charge is 2.31. The number of anilines is 1. The highest BCUT2D eigenvalue weighted by Crippen LogP contribution is 2.25. The van der Waals surface area contributed by atoms with Crippen molar-refractivity contribution in [3.05, 3.63) is 30.3 Å². The molecule has 1 aliphatic rings. The van der Waals surface area contributed by atoms with Crippen molar-refractivity contribution in [3.63, 3.8) is 0 Å². The van der Waals surface area contributed by atoms with Gasteiger partial charge in [0.25, 0.3) is 0 Å². The van der Waals surface area contributed by atoms with Gasteiger partial charge in [0.15, 0.2) is 0 Å². The Morgan fingerprint density at radius 1 is 1.47 bits per heavy atom. The van der Waals surface area contributed by atoms with Gasteiger partial charge in [0.2, 0.25) is 0 Å². The number of benzene rings is 1. The molecule has 1 saturated heterocycles. The summed E-state index contributed by atoms with van der Waals surface area (Å²) in [7, 11) is 1.38. The number of hydrogen-bond acceptors (Lipinski definition) is 4. The van der Waals surface area contributed by atoms with Crippen LogP contribution in [0.5, 0.6) is 0 Å². The second-order valence-electron chi connectivity index (χ2n) is 4.38. The van der Waals surface area contributed by atoms with E-state index in [2.05, 4.69) is 21.8 Å². The molecule has 1 aromatic carbocycles. The number of ether oxygens (including phenoxy) is 1. The standard InChI is InChI=1S/C13H18N2O2/c1-17-13(16)12(14)10-7-8-15(9-10)11-5-3-2-4-6-11/h2-6,10,12H,7-9,14H2,1H3. The Morgan fingerprint density at radius 2 is 2.18 bits per heavy atom. The first-order chi connectivity index (χ1) is 8.22. The Bertz CT molecular complexity index is 380. The molecule has 4 nitrogen and oxygen atoms in total. The van der Waals surface area contributed by atoms with Crippen molar-refractivity contribution in [2.24, 2.45) is 11.7 Å². The van der Waals surface area contributed by atoms with Crippen LogP contribution in [0.3, 0.4) is 0 Å². The van der Waals surface area contributed by atoms with Gasteiger partial charge in [-0.1, -0.05) is 18.2 Å². The summed E-state index contributed by atoms with van der Waals surface area (Å²) in [5.74, 6) is -0.132. The van der Waals surface area contributed by atoms with Crippen LogP contribution in [0.25, 0.3) is 0 Å². The molecule has 2 atom stereocenters. The lowest BCUT2D eigenvalue weighted by Gasteiger charge is -2.20. The molecular formula is C13H18N2O2. The van der Waals surface area contributed by atoms with Crippen LogP contribution in [0, 0.1) is 5.92 Å².